The third-order valence-electron chi connectivity index (χ3n) is 5.25. The van der Waals surface area contributed by atoms with Crippen molar-refractivity contribution in [2.45, 2.75) is 64.0 Å². The summed E-state index contributed by atoms with van der Waals surface area (Å²) < 4.78 is 6.06. The number of hydrogen-bond acceptors (Lipinski definition) is 2. The first-order chi connectivity index (χ1) is 10.1. The van der Waals surface area contributed by atoms with Crippen LogP contribution >= 0.6 is 0 Å². The number of likely N-dealkylation sites (N-methyl/N-ethyl adjacent to an activating group) is 1. The van der Waals surface area contributed by atoms with E-state index in [1.54, 1.807) is 0 Å². The summed E-state index contributed by atoms with van der Waals surface area (Å²) in [5.41, 5.74) is 2.81. The van der Waals surface area contributed by atoms with Crippen LogP contribution in [0.4, 0.5) is 0 Å². The van der Waals surface area contributed by atoms with Crippen molar-refractivity contribution in [1.82, 2.24) is 5.32 Å². The van der Waals surface area contributed by atoms with E-state index in [1.165, 1.54) is 36.8 Å². The molecule has 2 heteroatoms. The minimum Gasteiger partial charge on any atom is -0.377 e. The molecule has 0 radical (unpaired) electrons. The van der Waals surface area contributed by atoms with E-state index in [4.69, 9.17) is 4.74 Å². The summed E-state index contributed by atoms with van der Waals surface area (Å²) in [7, 11) is 3.97. The van der Waals surface area contributed by atoms with Gasteiger partial charge in [-0.15, -0.1) is 0 Å². The zero-order valence-electron chi connectivity index (χ0n) is 14.1. The third-order valence-corrected chi connectivity index (χ3v) is 5.25. The molecule has 0 spiro atoms. The van der Waals surface area contributed by atoms with Gasteiger partial charge in [0.25, 0.3) is 0 Å². The molecule has 3 atom stereocenters. The largest absolute Gasteiger partial charge is 0.377 e. The third kappa shape index (κ3) is 3.87. The first-order valence-corrected chi connectivity index (χ1v) is 8.43. The fourth-order valence-electron chi connectivity index (χ4n) is 3.89. The molecule has 3 unspecified atom stereocenters. The topological polar surface area (TPSA) is 21.3 Å². The molecule has 2 rings (SSSR count). The quantitative estimate of drug-likeness (QED) is 0.855. The van der Waals surface area contributed by atoms with Crippen LogP contribution in [0.2, 0.25) is 0 Å². The predicted octanol–water partition coefficient (Wildman–Crippen LogP) is 3.97. The Kier molecular flexibility index (Phi) is 5.83. The number of ether oxygens (including phenoxy) is 1. The van der Waals surface area contributed by atoms with E-state index in [-0.39, 0.29) is 5.60 Å². The van der Waals surface area contributed by atoms with Gasteiger partial charge in [0.1, 0.15) is 0 Å². The van der Waals surface area contributed by atoms with Crippen LogP contribution in [-0.4, -0.2) is 25.8 Å². The van der Waals surface area contributed by atoms with Gasteiger partial charge >= 0.3 is 0 Å². The average molecular weight is 289 g/mol. The monoisotopic (exact) mass is 289 g/mol. The minimum absolute atomic E-state index is 0.00412. The van der Waals surface area contributed by atoms with Crippen molar-refractivity contribution < 1.29 is 4.74 Å². The molecule has 1 aliphatic carbocycles. The molecule has 21 heavy (non-hydrogen) atoms. The second-order valence-electron chi connectivity index (χ2n) is 6.69. The van der Waals surface area contributed by atoms with Crippen molar-refractivity contribution in [2.24, 2.45) is 5.92 Å². The van der Waals surface area contributed by atoms with E-state index in [0.717, 1.165) is 18.8 Å². The zero-order valence-corrected chi connectivity index (χ0v) is 14.1. The van der Waals surface area contributed by atoms with E-state index >= 15 is 0 Å². The molecule has 1 N–H and O–H groups in total. The van der Waals surface area contributed by atoms with Gasteiger partial charge in [-0.25, -0.2) is 0 Å². The maximum Gasteiger partial charge on any atom is 0.0836 e. The van der Waals surface area contributed by atoms with Crippen molar-refractivity contribution in [1.29, 1.82) is 0 Å². The van der Waals surface area contributed by atoms with E-state index < -0.39 is 0 Å². The lowest BCUT2D eigenvalue weighted by Gasteiger charge is -2.44. The first kappa shape index (κ1) is 16.5. The van der Waals surface area contributed by atoms with Crippen LogP contribution < -0.4 is 5.32 Å². The maximum absolute atomic E-state index is 6.06. The van der Waals surface area contributed by atoms with Crippen LogP contribution in [0.25, 0.3) is 0 Å². The Morgan fingerprint density at radius 2 is 1.95 bits per heavy atom. The second kappa shape index (κ2) is 7.42. The van der Waals surface area contributed by atoms with Crippen LogP contribution in [0.3, 0.4) is 0 Å². The van der Waals surface area contributed by atoms with Crippen molar-refractivity contribution in [3.8, 4) is 0 Å². The number of rotatable bonds is 6. The highest BCUT2D eigenvalue weighted by molar-refractivity contribution is 5.24. The van der Waals surface area contributed by atoms with Crippen molar-refractivity contribution in [2.75, 3.05) is 14.2 Å². The lowest BCUT2D eigenvalue weighted by molar-refractivity contribution is -0.0775. The maximum atomic E-state index is 6.06. The Bertz CT molecular complexity index is 428. The summed E-state index contributed by atoms with van der Waals surface area (Å²) in [5, 5.41) is 3.54. The molecule has 0 amide bonds. The second-order valence-corrected chi connectivity index (χ2v) is 6.69. The van der Waals surface area contributed by atoms with Gasteiger partial charge < -0.3 is 10.1 Å². The zero-order chi connectivity index (χ0) is 15.3. The number of nitrogens with one attached hydrogen (secondary N) is 1. The summed E-state index contributed by atoms with van der Waals surface area (Å²) in [4.78, 5) is 0. The Balaban J connectivity index is 2.12. The Hall–Kier alpha value is -0.860. The molecule has 0 aromatic heterocycles. The Labute approximate surface area is 130 Å². The van der Waals surface area contributed by atoms with Gasteiger partial charge in [0.15, 0.2) is 0 Å². The molecule has 0 aliphatic heterocycles. The molecule has 1 aromatic carbocycles. The smallest absolute Gasteiger partial charge is 0.0836 e. The molecule has 118 valence electrons. The van der Waals surface area contributed by atoms with Gasteiger partial charge in [0, 0.05) is 13.2 Å². The van der Waals surface area contributed by atoms with E-state index in [0.29, 0.717) is 6.04 Å². The normalized spacial score (nSPS) is 27.5. The molecule has 0 heterocycles. The predicted molar refractivity (Wildman–Crippen MR) is 89.7 cm³/mol. The van der Waals surface area contributed by atoms with Gasteiger partial charge in [0.2, 0.25) is 0 Å². The summed E-state index contributed by atoms with van der Waals surface area (Å²) in [6.45, 7) is 4.56. The fourth-order valence-corrected chi connectivity index (χ4v) is 3.89. The van der Waals surface area contributed by atoms with E-state index in [2.05, 4.69) is 50.5 Å². The Morgan fingerprint density at radius 1 is 1.29 bits per heavy atom. The van der Waals surface area contributed by atoms with Gasteiger partial charge in [-0.2, -0.15) is 0 Å². The van der Waals surface area contributed by atoms with Crippen molar-refractivity contribution in [3.63, 3.8) is 0 Å². The van der Waals surface area contributed by atoms with E-state index in [9.17, 15) is 0 Å². The summed E-state index contributed by atoms with van der Waals surface area (Å²) in [6.07, 6.45) is 7.11. The van der Waals surface area contributed by atoms with E-state index in [1.807, 2.05) is 7.11 Å². The molecule has 1 aromatic rings. The van der Waals surface area contributed by atoms with Crippen LogP contribution in [0.5, 0.6) is 0 Å². The summed E-state index contributed by atoms with van der Waals surface area (Å²) in [6, 6.07) is 9.45. The highest BCUT2D eigenvalue weighted by Crippen LogP contribution is 2.38. The molecule has 0 saturated heterocycles. The van der Waals surface area contributed by atoms with Crippen LogP contribution in [0.1, 0.15) is 50.7 Å². The lowest BCUT2D eigenvalue weighted by Crippen LogP contribution is -2.54. The minimum atomic E-state index is -0.00412. The Morgan fingerprint density at radius 3 is 2.48 bits per heavy atom. The van der Waals surface area contributed by atoms with Gasteiger partial charge in [0.05, 0.1) is 5.60 Å². The average Bonchev–Trinajstić information content (AvgIpc) is 2.53. The fraction of sp³-hybridized carbons (Fsp3) is 0.684. The SMILES string of the molecule is CCc1ccc(CC(NC)C2(OC)CCCC(C)C2)cc1. The summed E-state index contributed by atoms with van der Waals surface area (Å²) >= 11 is 0. The highest BCUT2D eigenvalue weighted by Gasteiger charge is 2.41. The molecular formula is C19H31NO. The number of methoxy groups -OCH3 is 1. The highest BCUT2D eigenvalue weighted by atomic mass is 16.5. The number of hydrogen-bond donors (Lipinski definition) is 1. The standard InChI is InChI=1S/C19H31NO/c1-5-16-8-10-17(11-9-16)13-18(20-3)19(21-4)12-6-7-15(2)14-19/h8-11,15,18,20H,5-7,12-14H2,1-4H3. The van der Waals surface area contributed by atoms with Crippen molar-refractivity contribution in [3.05, 3.63) is 35.4 Å². The van der Waals surface area contributed by atoms with Gasteiger partial charge in [-0.3, -0.25) is 0 Å². The molecule has 2 nitrogen and oxygen atoms in total. The first-order valence-electron chi connectivity index (χ1n) is 8.43. The molecule has 0 bridgehead atoms. The number of benzene rings is 1. The molecule has 1 fully saturated rings. The molecular weight excluding hydrogens is 258 g/mol. The van der Waals surface area contributed by atoms with Gasteiger partial charge in [-0.05, 0) is 49.8 Å². The number of aryl methyl sites for hydroxylation is 1. The van der Waals surface area contributed by atoms with Crippen LogP contribution in [0.15, 0.2) is 24.3 Å². The van der Waals surface area contributed by atoms with Crippen LogP contribution in [0, 0.1) is 5.92 Å². The summed E-state index contributed by atoms with van der Waals surface area (Å²) in [5.74, 6) is 0.761. The van der Waals surface area contributed by atoms with Gasteiger partial charge in [-0.1, -0.05) is 51.0 Å². The molecule has 1 saturated carbocycles. The van der Waals surface area contributed by atoms with Crippen molar-refractivity contribution >= 4 is 0 Å². The lowest BCUT2D eigenvalue weighted by atomic mass is 9.73. The molecule has 1 aliphatic rings. The van der Waals surface area contributed by atoms with Crippen LogP contribution in [-0.2, 0) is 17.6 Å².